The maximum absolute atomic E-state index is 10.9. The SMILES string of the molecule is CC(=O)NC1CCCn2ncnc21. The highest BCUT2D eigenvalue weighted by Crippen LogP contribution is 2.21. The lowest BCUT2D eigenvalue weighted by molar-refractivity contribution is -0.119. The molecular formula is C8H12N4O. The Kier molecular flexibility index (Phi) is 2.00. The lowest BCUT2D eigenvalue weighted by atomic mass is 10.1. The maximum atomic E-state index is 10.9. The molecule has 13 heavy (non-hydrogen) atoms. The van der Waals surface area contributed by atoms with Crippen LogP contribution < -0.4 is 5.32 Å². The Morgan fingerprint density at radius 2 is 2.62 bits per heavy atom. The second-order valence-corrected chi connectivity index (χ2v) is 3.24. The van der Waals surface area contributed by atoms with E-state index < -0.39 is 0 Å². The van der Waals surface area contributed by atoms with Gasteiger partial charge >= 0.3 is 0 Å². The number of fused-ring (bicyclic) bond motifs is 1. The first-order valence-corrected chi connectivity index (χ1v) is 4.42. The minimum absolute atomic E-state index is 0.0125. The number of carbonyl (C=O) groups is 1. The summed E-state index contributed by atoms with van der Waals surface area (Å²) in [5.74, 6) is 0.864. The second kappa shape index (κ2) is 3.16. The molecule has 1 unspecified atom stereocenters. The number of amides is 1. The highest BCUT2D eigenvalue weighted by atomic mass is 16.1. The number of nitrogens with one attached hydrogen (secondary N) is 1. The van der Waals surface area contributed by atoms with Crippen molar-refractivity contribution in [3.8, 4) is 0 Å². The van der Waals surface area contributed by atoms with E-state index in [1.807, 2.05) is 4.68 Å². The van der Waals surface area contributed by atoms with E-state index in [1.165, 1.54) is 13.3 Å². The fraction of sp³-hybridized carbons (Fsp3) is 0.625. The molecule has 1 aromatic rings. The predicted molar refractivity (Wildman–Crippen MR) is 45.8 cm³/mol. The molecule has 2 heterocycles. The van der Waals surface area contributed by atoms with Gasteiger partial charge in [0.05, 0.1) is 6.04 Å². The summed E-state index contributed by atoms with van der Waals surface area (Å²) in [5.41, 5.74) is 0. The van der Waals surface area contributed by atoms with Gasteiger partial charge < -0.3 is 5.32 Å². The molecule has 1 atom stereocenters. The van der Waals surface area contributed by atoms with Crippen LogP contribution in [0.3, 0.4) is 0 Å². The van der Waals surface area contributed by atoms with Crippen LogP contribution in [0, 0.1) is 0 Å². The Morgan fingerprint density at radius 1 is 1.77 bits per heavy atom. The van der Waals surface area contributed by atoms with Gasteiger partial charge in [0, 0.05) is 13.5 Å². The first-order valence-electron chi connectivity index (χ1n) is 4.42. The standard InChI is InChI=1S/C8H12N4O/c1-6(13)11-7-3-2-4-12-8(7)9-5-10-12/h5,7H,2-4H2,1H3,(H,11,13). The fourth-order valence-corrected chi connectivity index (χ4v) is 1.67. The zero-order chi connectivity index (χ0) is 9.26. The third-order valence-electron chi connectivity index (χ3n) is 2.20. The Hall–Kier alpha value is -1.39. The predicted octanol–water partition coefficient (Wildman–Crippen LogP) is 0.249. The van der Waals surface area contributed by atoms with Gasteiger partial charge in [0.1, 0.15) is 12.2 Å². The Labute approximate surface area is 76.2 Å². The molecule has 5 heteroatoms. The van der Waals surface area contributed by atoms with Gasteiger partial charge in [-0.25, -0.2) is 9.67 Å². The number of aryl methyl sites for hydroxylation is 1. The maximum Gasteiger partial charge on any atom is 0.217 e. The molecule has 1 N–H and O–H groups in total. The minimum Gasteiger partial charge on any atom is -0.346 e. The van der Waals surface area contributed by atoms with E-state index in [1.54, 1.807) is 0 Å². The van der Waals surface area contributed by atoms with Crippen molar-refractivity contribution in [2.75, 3.05) is 0 Å². The van der Waals surface area contributed by atoms with Gasteiger partial charge in [-0.2, -0.15) is 5.10 Å². The fourth-order valence-electron chi connectivity index (χ4n) is 1.67. The normalized spacial score (nSPS) is 20.8. The summed E-state index contributed by atoms with van der Waals surface area (Å²) in [6.45, 7) is 2.43. The number of hydrogen-bond donors (Lipinski definition) is 1. The van der Waals surface area contributed by atoms with E-state index >= 15 is 0 Å². The topological polar surface area (TPSA) is 59.8 Å². The number of rotatable bonds is 1. The second-order valence-electron chi connectivity index (χ2n) is 3.24. The van der Waals surface area contributed by atoms with Crippen molar-refractivity contribution >= 4 is 5.91 Å². The third kappa shape index (κ3) is 1.54. The monoisotopic (exact) mass is 180 g/mol. The van der Waals surface area contributed by atoms with Crippen LogP contribution >= 0.6 is 0 Å². The van der Waals surface area contributed by atoms with Crippen LogP contribution in [0.2, 0.25) is 0 Å². The molecule has 0 saturated heterocycles. The smallest absolute Gasteiger partial charge is 0.217 e. The first kappa shape index (κ1) is 8.22. The van der Waals surface area contributed by atoms with Crippen LogP contribution in [0.15, 0.2) is 6.33 Å². The van der Waals surface area contributed by atoms with Crippen molar-refractivity contribution in [2.45, 2.75) is 32.4 Å². The van der Waals surface area contributed by atoms with Crippen molar-refractivity contribution in [3.63, 3.8) is 0 Å². The highest BCUT2D eigenvalue weighted by molar-refractivity contribution is 5.73. The van der Waals surface area contributed by atoms with Crippen LogP contribution in [0.4, 0.5) is 0 Å². The third-order valence-corrected chi connectivity index (χ3v) is 2.20. The lowest BCUT2D eigenvalue weighted by Crippen LogP contribution is -2.31. The van der Waals surface area contributed by atoms with E-state index in [2.05, 4.69) is 15.4 Å². The molecule has 1 aliphatic heterocycles. The summed E-state index contributed by atoms with van der Waals surface area (Å²) in [4.78, 5) is 15.0. The molecule has 0 radical (unpaired) electrons. The summed E-state index contributed by atoms with van der Waals surface area (Å²) >= 11 is 0. The van der Waals surface area contributed by atoms with Crippen molar-refractivity contribution in [3.05, 3.63) is 12.2 Å². The summed E-state index contributed by atoms with van der Waals surface area (Å²) in [6.07, 6.45) is 3.54. The summed E-state index contributed by atoms with van der Waals surface area (Å²) < 4.78 is 1.85. The van der Waals surface area contributed by atoms with Crippen LogP contribution in [0.25, 0.3) is 0 Å². The van der Waals surface area contributed by atoms with Gasteiger partial charge in [0.2, 0.25) is 5.91 Å². The minimum atomic E-state index is -0.0125. The van der Waals surface area contributed by atoms with Crippen LogP contribution in [-0.4, -0.2) is 20.7 Å². The van der Waals surface area contributed by atoms with Gasteiger partial charge in [-0.15, -0.1) is 0 Å². The van der Waals surface area contributed by atoms with Crippen molar-refractivity contribution in [1.29, 1.82) is 0 Å². The molecule has 0 aromatic carbocycles. The van der Waals surface area contributed by atoms with Crippen molar-refractivity contribution in [2.24, 2.45) is 0 Å². The van der Waals surface area contributed by atoms with Gasteiger partial charge in [-0.3, -0.25) is 4.79 Å². The zero-order valence-corrected chi connectivity index (χ0v) is 7.53. The Morgan fingerprint density at radius 3 is 3.38 bits per heavy atom. The van der Waals surface area contributed by atoms with Crippen LogP contribution in [0.1, 0.15) is 31.6 Å². The quantitative estimate of drug-likeness (QED) is 0.673. The van der Waals surface area contributed by atoms with Gasteiger partial charge in [-0.1, -0.05) is 0 Å². The van der Waals surface area contributed by atoms with Gasteiger partial charge in [0.25, 0.3) is 0 Å². The number of nitrogens with zero attached hydrogens (tertiary/aromatic N) is 3. The summed E-state index contributed by atoms with van der Waals surface area (Å²) in [7, 11) is 0. The summed E-state index contributed by atoms with van der Waals surface area (Å²) in [5, 5.41) is 6.93. The molecule has 0 saturated carbocycles. The van der Waals surface area contributed by atoms with Crippen molar-refractivity contribution in [1.82, 2.24) is 20.1 Å². The molecule has 1 amide bonds. The molecule has 70 valence electrons. The Bertz CT molecular complexity index is 320. The molecular weight excluding hydrogens is 168 g/mol. The van der Waals surface area contributed by atoms with E-state index in [-0.39, 0.29) is 11.9 Å². The molecule has 0 bridgehead atoms. The van der Waals surface area contributed by atoms with Crippen LogP contribution in [0.5, 0.6) is 0 Å². The molecule has 5 nitrogen and oxygen atoms in total. The van der Waals surface area contributed by atoms with E-state index in [9.17, 15) is 4.79 Å². The van der Waals surface area contributed by atoms with Crippen LogP contribution in [-0.2, 0) is 11.3 Å². The van der Waals surface area contributed by atoms with Crippen molar-refractivity contribution < 1.29 is 4.79 Å². The molecule has 1 aliphatic rings. The first-order chi connectivity index (χ1) is 6.27. The van der Waals surface area contributed by atoms with Gasteiger partial charge in [0.15, 0.2) is 0 Å². The van der Waals surface area contributed by atoms with E-state index in [4.69, 9.17) is 0 Å². The summed E-state index contributed by atoms with van der Waals surface area (Å²) in [6, 6.07) is 0.0498. The Balaban J connectivity index is 2.20. The van der Waals surface area contributed by atoms with Gasteiger partial charge in [-0.05, 0) is 12.8 Å². The lowest BCUT2D eigenvalue weighted by Gasteiger charge is -2.22. The highest BCUT2D eigenvalue weighted by Gasteiger charge is 2.22. The average molecular weight is 180 g/mol. The molecule has 1 aromatic heterocycles. The number of aromatic nitrogens is 3. The molecule has 2 rings (SSSR count). The molecule has 0 fully saturated rings. The zero-order valence-electron chi connectivity index (χ0n) is 7.53. The van der Waals surface area contributed by atoms with E-state index in [0.717, 1.165) is 25.2 Å². The number of hydrogen-bond acceptors (Lipinski definition) is 3. The average Bonchev–Trinajstić information content (AvgIpc) is 2.51. The molecule has 0 spiro atoms. The molecule has 0 aliphatic carbocycles. The van der Waals surface area contributed by atoms with E-state index in [0.29, 0.717) is 0 Å². The largest absolute Gasteiger partial charge is 0.346 e. The number of carbonyl (C=O) groups excluding carboxylic acids is 1.